The highest BCUT2D eigenvalue weighted by Crippen LogP contribution is 2.19. The second kappa shape index (κ2) is 6.15. The molecule has 2 amide bonds. The number of rotatable bonds is 6. The number of para-hydroxylation sites is 1. The minimum atomic E-state index is -0.390. The third-order valence-corrected chi connectivity index (χ3v) is 2.62. The molecule has 0 unspecified atom stereocenters. The van der Waals surface area contributed by atoms with E-state index in [1.165, 1.54) is 6.08 Å². The van der Waals surface area contributed by atoms with Crippen molar-refractivity contribution in [1.29, 1.82) is 0 Å². The van der Waals surface area contributed by atoms with Gasteiger partial charge in [0.25, 0.3) is 11.8 Å². The van der Waals surface area contributed by atoms with E-state index >= 15 is 0 Å². The lowest BCUT2D eigenvalue weighted by Gasteiger charge is -2.10. The van der Waals surface area contributed by atoms with Crippen LogP contribution in [0.25, 0.3) is 0 Å². The van der Waals surface area contributed by atoms with Gasteiger partial charge in [0.15, 0.2) is 0 Å². The maximum absolute atomic E-state index is 11.3. The van der Waals surface area contributed by atoms with E-state index in [2.05, 4.69) is 5.32 Å². The predicted octanol–water partition coefficient (Wildman–Crippen LogP) is 1.18. The highest BCUT2D eigenvalue weighted by Gasteiger charge is 2.20. The minimum Gasteiger partial charge on any atom is -0.494 e. The first-order valence-electron chi connectivity index (χ1n) is 6.05. The lowest BCUT2D eigenvalue weighted by atomic mass is 10.2. The van der Waals surface area contributed by atoms with Crippen LogP contribution in [0.1, 0.15) is 12.5 Å². The summed E-state index contributed by atoms with van der Waals surface area (Å²) in [5, 5.41) is 2.17. The maximum Gasteiger partial charge on any atom is 0.256 e. The largest absolute Gasteiger partial charge is 0.494 e. The molecule has 1 aromatic carbocycles. The number of carbonyl (C=O) groups is 2. The SMILES string of the molecule is CCOc1ccccc1COCC1=CC(=O)NC1=O. The number of nitrogens with one attached hydrogen (secondary N) is 1. The van der Waals surface area contributed by atoms with Crippen LogP contribution in [-0.4, -0.2) is 25.0 Å². The van der Waals surface area contributed by atoms with E-state index < -0.39 is 5.91 Å². The average molecular weight is 261 g/mol. The van der Waals surface area contributed by atoms with Gasteiger partial charge < -0.3 is 9.47 Å². The molecule has 0 bridgehead atoms. The van der Waals surface area contributed by atoms with Crippen LogP contribution in [0.3, 0.4) is 0 Å². The summed E-state index contributed by atoms with van der Waals surface area (Å²) in [7, 11) is 0. The van der Waals surface area contributed by atoms with Gasteiger partial charge in [-0.1, -0.05) is 18.2 Å². The second-order valence-corrected chi connectivity index (χ2v) is 4.02. The van der Waals surface area contributed by atoms with Gasteiger partial charge >= 0.3 is 0 Å². The Labute approximate surface area is 111 Å². The summed E-state index contributed by atoms with van der Waals surface area (Å²) < 4.78 is 10.9. The topological polar surface area (TPSA) is 64.6 Å². The number of ether oxygens (including phenoxy) is 2. The van der Waals surface area contributed by atoms with Crippen molar-refractivity contribution in [2.75, 3.05) is 13.2 Å². The molecule has 0 saturated heterocycles. The van der Waals surface area contributed by atoms with Crippen molar-refractivity contribution in [3.63, 3.8) is 0 Å². The number of hydrogen-bond acceptors (Lipinski definition) is 4. The molecule has 0 aliphatic carbocycles. The van der Waals surface area contributed by atoms with E-state index in [0.29, 0.717) is 18.8 Å². The fourth-order valence-corrected chi connectivity index (χ4v) is 1.75. The third-order valence-electron chi connectivity index (χ3n) is 2.62. The number of imide groups is 1. The monoisotopic (exact) mass is 261 g/mol. The van der Waals surface area contributed by atoms with Crippen molar-refractivity contribution >= 4 is 11.8 Å². The van der Waals surface area contributed by atoms with E-state index in [1.807, 2.05) is 31.2 Å². The fraction of sp³-hybridized carbons (Fsp3) is 0.286. The van der Waals surface area contributed by atoms with Crippen LogP contribution >= 0.6 is 0 Å². The molecule has 5 heteroatoms. The van der Waals surface area contributed by atoms with Crippen molar-refractivity contribution in [2.45, 2.75) is 13.5 Å². The summed E-state index contributed by atoms with van der Waals surface area (Å²) in [5.74, 6) is -0.00709. The fourth-order valence-electron chi connectivity index (χ4n) is 1.75. The Bertz CT molecular complexity index is 522. The molecule has 1 aromatic rings. The first-order chi connectivity index (χ1) is 9.20. The molecule has 100 valence electrons. The highest BCUT2D eigenvalue weighted by molar-refractivity contribution is 6.16. The van der Waals surface area contributed by atoms with Crippen molar-refractivity contribution < 1.29 is 19.1 Å². The van der Waals surface area contributed by atoms with Crippen LogP contribution in [-0.2, 0) is 20.9 Å². The average Bonchev–Trinajstić information content (AvgIpc) is 2.70. The van der Waals surface area contributed by atoms with Gasteiger partial charge in [-0.2, -0.15) is 0 Å². The normalized spacial score (nSPS) is 14.3. The standard InChI is InChI=1S/C14H15NO4/c1-2-19-12-6-4-3-5-10(12)8-18-9-11-7-13(16)15-14(11)17/h3-7H,2,8-9H2,1H3,(H,15,16,17). The van der Waals surface area contributed by atoms with E-state index in [1.54, 1.807) is 0 Å². The highest BCUT2D eigenvalue weighted by atomic mass is 16.5. The lowest BCUT2D eigenvalue weighted by Crippen LogP contribution is -2.23. The molecule has 0 fully saturated rings. The van der Waals surface area contributed by atoms with Crippen LogP contribution in [0, 0.1) is 0 Å². The Hall–Kier alpha value is -2.14. The first kappa shape index (κ1) is 13.3. The summed E-state index contributed by atoms with van der Waals surface area (Å²) >= 11 is 0. The molecule has 1 heterocycles. The molecule has 0 atom stereocenters. The van der Waals surface area contributed by atoms with Gasteiger partial charge in [0.05, 0.1) is 19.8 Å². The molecule has 5 nitrogen and oxygen atoms in total. The van der Waals surface area contributed by atoms with Gasteiger partial charge in [-0.15, -0.1) is 0 Å². The zero-order valence-corrected chi connectivity index (χ0v) is 10.6. The number of amides is 2. The third kappa shape index (κ3) is 3.42. The van der Waals surface area contributed by atoms with Crippen molar-refractivity contribution in [2.24, 2.45) is 0 Å². The summed E-state index contributed by atoms with van der Waals surface area (Å²) in [6, 6.07) is 7.55. The van der Waals surface area contributed by atoms with Gasteiger partial charge in [-0.3, -0.25) is 14.9 Å². The molecule has 1 aliphatic heterocycles. The Morgan fingerprint density at radius 2 is 1.95 bits per heavy atom. The number of benzene rings is 1. The van der Waals surface area contributed by atoms with Gasteiger partial charge in [0.1, 0.15) is 5.75 Å². The smallest absolute Gasteiger partial charge is 0.256 e. The summed E-state index contributed by atoms with van der Waals surface area (Å²) in [5.41, 5.74) is 1.26. The summed E-state index contributed by atoms with van der Waals surface area (Å²) in [4.78, 5) is 22.2. The van der Waals surface area contributed by atoms with Gasteiger partial charge in [0.2, 0.25) is 0 Å². The van der Waals surface area contributed by atoms with Crippen molar-refractivity contribution in [1.82, 2.24) is 5.32 Å². The Morgan fingerprint density at radius 3 is 2.63 bits per heavy atom. The maximum atomic E-state index is 11.3. The Balaban J connectivity index is 1.91. The molecule has 1 aliphatic rings. The molecule has 1 N–H and O–H groups in total. The molecular weight excluding hydrogens is 246 g/mol. The van der Waals surface area contributed by atoms with Crippen LogP contribution in [0.4, 0.5) is 0 Å². The quantitative estimate of drug-likeness (QED) is 0.781. The van der Waals surface area contributed by atoms with E-state index in [9.17, 15) is 9.59 Å². The van der Waals surface area contributed by atoms with E-state index in [4.69, 9.17) is 9.47 Å². The molecule has 0 radical (unpaired) electrons. The van der Waals surface area contributed by atoms with Gasteiger partial charge in [-0.25, -0.2) is 0 Å². The first-order valence-corrected chi connectivity index (χ1v) is 6.05. The van der Waals surface area contributed by atoms with Crippen molar-refractivity contribution in [3.05, 3.63) is 41.5 Å². The summed E-state index contributed by atoms with van der Waals surface area (Å²) in [6.45, 7) is 2.93. The van der Waals surface area contributed by atoms with Crippen molar-refractivity contribution in [3.8, 4) is 5.75 Å². The zero-order valence-electron chi connectivity index (χ0n) is 10.6. The van der Waals surface area contributed by atoms with E-state index in [-0.39, 0.29) is 12.5 Å². The lowest BCUT2D eigenvalue weighted by molar-refractivity contribution is -0.124. The second-order valence-electron chi connectivity index (χ2n) is 4.02. The molecule has 19 heavy (non-hydrogen) atoms. The van der Waals surface area contributed by atoms with Crippen LogP contribution in [0.15, 0.2) is 35.9 Å². The van der Waals surface area contributed by atoms with Crippen LogP contribution < -0.4 is 10.1 Å². The van der Waals surface area contributed by atoms with Crippen LogP contribution in [0.2, 0.25) is 0 Å². The number of hydrogen-bond donors (Lipinski definition) is 1. The molecule has 0 spiro atoms. The molecule has 0 saturated carbocycles. The molecule has 2 rings (SSSR count). The van der Waals surface area contributed by atoms with E-state index in [0.717, 1.165) is 11.3 Å². The zero-order chi connectivity index (χ0) is 13.7. The molecular formula is C14H15NO4. The Kier molecular flexibility index (Phi) is 4.30. The van der Waals surface area contributed by atoms with Gasteiger partial charge in [0, 0.05) is 17.2 Å². The Morgan fingerprint density at radius 1 is 1.16 bits per heavy atom. The predicted molar refractivity (Wildman–Crippen MR) is 68.5 cm³/mol. The summed E-state index contributed by atoms with van der Waals surface area (Å²) in [6.07, 6.45) is 1.26. The minimum absolute atomic E-state index is 0.109. The van der Waals surface area contributed by atoms with Crippen LogP contribution in [0.5, 0.6) is 5.75 Å². The molecule has 0 aromatic heterocycles. The number of carbonyl (C=O) groups excluding carboxylic acids is 2. The van der Waals surface area contributed by atoms with Gasteiger partial charge in [-0.05, 0) is 13.0 Å².